The molecule has 0 radical (unpaired) electrons. The molecule has 1 N–H and O–H groups in total. The quantitative estimate of drug-likeness (QED) is 0.682. The molecule has 0 aliphatic heterocycles. The highest BCUT2D eigenvalue weighted by Gasteiger charge is 2.14. The molecule has 0 spiro atoms. The highest BCUT2D eigenvalue weighted by Crippen LogP contribution is 2.26. The van der Waals surface area contributed by atoms with Gasteiger partial charge in [0.1, 0.15) is 0 Å². The SMILES string of the molecule is Cc1cc(-c2nnc(SCC(=O)Nc3ccc(C)c(C)c3)n2C)cs1. The lowest BCUT2D eigenvalue weighted by Crippen LogP contribution is -2.14. The minimum Gasteiger partial charge on any atom is -0.325 e. The normalized spacial score (nSPS) is 10.9. The Hall–Kier alpha value is -2.12. The Labute approximate surface area is 155 Å². The van der Waals surface area contributed by atoms with Crippen molar-refractivity contribution in [2.45, 2.75) is 25.9 Å². The van der Waals surface area contributed by atoms with Gasteiger partial charge < -0.3 is 9.88 Å². The van der Waals surface area contributed by atoms with Crippen molar-refractivity contribution in [3.8, 4) is 11.4 Å². The van der Waals surface area contributed by atoms with Gasteiger partial charge in [0.15, 0.2) is 11.0 Å². The summed E-state index contributed by atoms with van der Waals surface area (Å²) in [6.07, 6.45) is 0. The molecule has 0 saturated heterocycles. The van der Waals surface area contributed by atoms with Crippen molar-refractivity contribution < 1.29 is 4.79 Å². The number of thiophene rings is 1. The molecule has 1 amide bonds. The minimum absolute atomic E-state index is 0.0517. The highest BCUT2D eigenvalue weighted by atomic mass is 32.2. The van der Waals surface area contributed by atoms with E-state index < -0.39 is 0 Å². The van der Waals surface area contributed by atoms with Crippen LogP contribution in [0.25, 0.3) is 11.4 Å². The first-order chi connectivity index (χ1) is 11.9. The molecule has 0 saturated carbocycles. The van der Waals surface area contributed by atoms with Crippen LogP contribution in [0.2, 0.25) is 0 Å². The largest absolute Gasteiger partial charge is 0.325 e. The minimum atomic E-state index is -0.0517. The van der Waals surface area contributed by atoms with Crippen LogP contribution in [0.4, 0.5) is 5.69 Å². The zero-order valence-corrected chi connectivity index (χ0v) is 16.3. The van der Waals surface area contributed by atoms with E-state index >= 15 is 0 Å². The molecule has 0 bridgehead atoms. The van der Waals surface area contributed by atoms with Gasteiger partial charge >= 0.3 is 0 Å². The van der Waals surface area contributed by atoms with Gasteiger partial charge in [-0.1, -0.05) is 17.8 Å². The summed E-state index contributed by atoms with van der Waals surface area (Å²) in [5.74, 6) is 1.06. The van der Waals surface area contributed by atoms with Crippen molar-refractivity contribution in [2.75, 3.05) is 11.1 Å². The second-order valence-electron chi connectivity index (χ2n) is 5.95. The molecule has 5 nitrogen and oxygen atoms in total. The summed E-state index contributed by atoms with van der Waals surface area (Å²) in [6.45, 7) is 6.15. The molecule has 2 heterocycles. The fraction of sp³-hybridized carbons (Fsp3) is 0.278. The van der Waals surface area contributed by atoms with Crippen LogP contribution in [-0.2, 0) is 11.8 Å². The summed E-state index contributed by atoms with van der Waals surface area (Å²) in [7, 11) is 1.92. The summed E-state index contributed by atoms with van der Waals surface area (Å²) in [5.41, 5.74) is 4.25. The van der Waals surface area contributed by atoms with E-state index in [-0.39, 0.29) is 5.91 Å². The number of rotatable bonds is 5. The van der Waals surface area contributed by atoms with Gasteiger partial charge in [-0.15, -0.1) is 21.5 Å². The second-order valence-corrected chi connectivity index (χ2v) is 8.00. The number of anilines is 1. The lowest BCUT2D eigenvalue weighted by molar-refractivity contribution is -0.113. The standard InChI is InChI=1S/C18H20N4OS2/c1-11-5-6-15(7-12(11)2)19-16(23)10-25-18-21-20-17(22(18)4)14-8-13(3)24-9-14/h5-9H,10H2,1-4H3,(H,19,23). The molecule has 130 valence electrons. The van der Waals surface area contributed by atoms with Crippen LogP contribution < -0.4 is 5.32 Å². The number of aryl methyl sites for hydroxylation is 3. The fourth-order valence-corrected chi connectivity index (χ4v) is 3.79. The number of carbonyl (C=O) groups is 1. The molecular weight excluding hydrogens is 352 g/mol. The summed E-state index contributed by atoms with van der Waals surface area (Å²) in [6, 6.07) is 8.01. The lowest BCUT2D eigenvalue weighted by Gasteiger charge is -2.07. The van der Waals surface area contributed by atoms with Crippen molar-refractivity contribution in [3.05, 3.63) is 45.6 Å². The first kappa shape index (κ1) is 17.7. The third-order valence-electron chi connectivity index (χ3n) is 3.95. The maximum absolute atomic E-state index is 12.2. The van der Waals surface area contributed by atoms with Crippen molar-refractivity contribution in [2.24, 2.45) is 7.05 Å². The van der Waals surface area contributed by atoms with Crippen LogP contribution >= 0.6 is 23.1 Å². The number of aromatic nitrogens is 3. The van der Waals surface area contributed by atoms with Gasteiger partial charge in [-0.2, -0.15) is 0 Å². The van der Waals surface area contributed by atoms with Crippen LogP contribution in [-0.4, -0.2) is 26.4 Å². The first-order valence-corrected chi connectivity index (χ1v) is 9.75. The molecule has 1 aromatic carbocycles. The molecule has 2 aromatic heterocycles. The zero-order chi connectivity index (χ0) is 18.0. The summed E-state index contributed by atoms with van der Waals surface area (Å²) >= 11 is 3.07. The van der Waals surface area contributed by atoms with E-state index in [1.807, 2.05) is 36.7 Å². The van der Waals surface area contributed by atoms with E-state index in [1.165, 1.54) is 22.2 Å². The van der Waals surface area contributed by atoms with E-state index in [0.29, 0.717) is 5.75 Å². The van der Waals surface area contributed by atoms with Crippen LogP contribution in [0.15, 0.2) is 34.8 Å². The van der Waals surface area contributed by atoms with Crippen molar-refractivity contribution in [3.63, 3.8) is 0 Å². The fourth-order valence-electron chi connectivity index (χ4n) is 2.40. The van der Waals surface area contributed by atoms with E-state index in [9.17, 15) is 4.79 Å². The average Bonchev–Trinajstić information content (AvgIpc) is 3.15. The molecule has 7 heteroatoms. The Morgan fingerprint density at radius 3 is 2.68 bits per heavy atom. The predicted molar refractivity (Wildman–Crippen MR) is 104 cm³/mol. The summed E-state index contributed by atoms with van der Waals surface area (Å²) in [5, 5.41) is 14.2. The molecule has 0 aliphatic carbocycles. The predicted octanol–water partition coefficient (Wildman–Crippen LogP) is 4.20. The molecule has 0 fully saturated rings. The molecule has 3 aromatic rings. The van der Waals surface area contributed by atoms with Gasteiger partial charge in [0.25, 0.3) is 0 Å². The number of nitrogens with zero attached hydrogens (tertiary/aromatic N) is 3. The third-order valence-corrected chi connectivity index (χ3v) is 5.83. The highest BCUT2D eigenvalue weighted by molar-refractivity contribution is 7.99. The third kappa shape index (κ3) is 4.11. The summed E-state index contributed by atoms with van der Waals surface area (Å²) < 4.78 is 1.93. The monoisotopic (exact) mass is 372 g/mol. The number of thioether (sulfide) groups is 1. The molecule has 0 aliphatic rings. The van der Waals surface area contributed by atoms with E-state index in [1.54, 1.807) is 11.3 Å². The van der Waals surface area contributed by atoms with E-state index in [4.69, 9.17) is 0 Å². The lowest BCUT2D eigenvalue weighted by atomic mass is 10.1. The maximum Gasteiger partial charge on any atom is 0.234 e. The Bertz CT molecular complexity index is 914. The van der Waals surface area contributed by atoms with Gasteiger partial charge in [-0.3, -0.25) is 4.79 Å². The van der Waals surface area contributed by atoms with Crippen molar-refractivity contribution in [1.82, 2.24) is 14.8 Å². The zero-order valence-electron chi connectivity index (χ0n) is 14.7. The number of nitrogens with one attached hydrogen (secondary N) is 1. The van der Waals surface area contributed by atoms with Crippen molar-refractivity contribution >= 4 is 34.7 Å². The molecular formula is C18H20N4OS2. The van der Waals surface area contributed by atoms with Crippen LogP contribution in [0, 0.1) is 20.8 Å². The van der Waals surface area contributed by atoms with Gasteiger partial charge in [0, 0.05) is 28.6 Å². The van der Waals surface area contributed by atoms with Crippen LogP contribution in [0.5, 0.6) is 0 Å². The van der Waals surface area contributed by atoms with Crippen molar-refractivity contribution in [1.29, 1.82) is 0 Å². The Morgan fingerprint density at radius 2 is 2.00 bits per heavy atom. The molecule has 3 rings (SSSR count). The Balaban J connectivity index is 1.62. The second kappa shape index (κ2) is 7.41. The number of amides is 1. The van der Waals surface area contributed by atoms with Crippen LogP contribution in [0.1, 0.15) is 16.0 Å². The number of hydrogen-bond acceptors (Lipinski definition) is 5. The van der Waals surface area contributed by atoms with Gasteiger partial charge in [-0.25, -0.2) is 0 Å². The molecule has 25 heavy (non-hydrogen) atoms. The topological polar surface area (TPSA) is 59.8 Å². The number of benzene rings is 1. The van der Waals surface area contributed by atoms with Crippen LogP contribution in [0.3, 0.4) is 0 Å². The summed E-state index contributed by atoms with van der Waals surface area (Å²) in [4.78, 5) is 13.4. The van der Waals surface area contributed by atoms with Gasteiger partial charge in [0.05, 0.1) is 5.75 Å². The maximum atomic E-state index is 12.2. The van der Waals surface area contributed by atoms with E-state index in [2.05, 4.69) is 40.8 Å². The molecule has 0 atom stereocenters. The van der Waals surface area contributed by atoms with E-state index in [0.717, 1.165) is 27.8 Å². The average molecular weight is 373 g/mol. The number of carbonyl (C=O) groups excluding carboxylic acids is 1. The molecule has 0 unspecified atom stereocenters. The van der Waals surface area contributed by atoms with Gasteiger partial charge in [-0.05, 0) is 50.1 Å². The van der Waals surface area contributed by atoms with Gasteiger partial charge in [0.2, 0.25) is 5.91 Å². The smallest absolute Gasteiger partial charge is 0.234 e. The first-order valence-electron chi connectivity index (χ1n) is 7.89. The Kier molecular flexibility index (Phi) is 5.24. The number of hydrogen-bond donors (Lipinski definition) is 1. The Morgan fingerprint density at radius 1 is 1.20 bits per heavy atom.